The van der Waals surface area contributed by atoms with Crippen molar-refractivity contribution in [2.45, 2.75) is 88.9 Å². The lowest BCUT2D eigenvalue weighted by atomic mass is 10.00. The number of rotatable bonds is 22. The van der Waals surface area contributed by atoms with Crippen LogP contribution in [0.15, 0.2) is 180 Å². The highest BCUT2D eigenvalue weighted by Gasteiger charge is 2.46. The molecule has 0 radical (unpaired) electrons. The van der Waals surface area contributed by atoms with E-state index in [1.807, 2.05) is 170 Å². The summed E-state index contributed by atoms with van der Waals surface area (Å²) in [6, 6.07) is 55.1. The summed E-state index contributed by atoms with van der Waals surface area (Å²) in [4.78, 5) is 4.25. The fraction of sp³-hybridized carbons (Fsp3) is 0.258. The van der Waals surface area contributed by atoms with E-state index in [4.69, 9.17) is 9.47 Å². The molecule has 0 aliphatic carbocycles. The summed E-state index contributed by atoms with van der Waals surface area (Å²) in [6.45, 7) is 8.97. The Kier molecular flexibility index (Phi) is 15.5. The van der Waals surface area contributed by atoms with Crippen molar-refractivity contribution in [2.24, 2.45) is 11.8 Å². The van der Waals surface area contributed by atoms with Gasteiger partial charge in [0, 0.05) is 45.3 Å². The number of sulfone groups is 2. The Morgan fingerprint density at radius 1 is 0.403 bits per heavy atom. The summed E-state index contributed by atoms with van der Waals surface area (Å²) in [5.41, 5.74) is 6.85. The lowest BCUT2D eigenvalue weighted by Gasteiger charge is -2.25. The third-order valence-corrected chi connectivity index (χ3v) is 17.7. The Bertz CT molecular complexity index is 2950. The average molecular weight is 997 g/mol. The fourth-order valence-electron chi connectivity index (χ4n) is 9.84. The Morgan fingerprint density at radius 2 is 0.694 bits per heavy atom. The van der Waals surface area contributed by atoms with Crippen molar-refractivity contribution in [3.63, 3.8) is 0 Å². The van der Waals surface area contributed by atoms with E-state index in [1.165, 1.54) is 0 Å². The van der Waals surface area contributed by atoms with E-state index in [1.54, 1.807) is 12.2 Å². The summed E-state index contributed by atoms with van der Waals surface area (Å²) < 4.78 is 75.6. The second-order valence-corrected chi connectivity index (χ2v) is 22.4. The number of fused-ring (bicyclic) bond motifs is 2. The van der Waals surface area contributed by atoms with Crippen molar-refractivity contribution in [1.29, 1.82) is 0 Å². The summed E-state index contributed by atoms with van der Waals surface area (Å²) in [7, 11) is -8.63. The van der Waals surface area contributed by atoms with Crippen LogP contribution < -0.4 is 19.3 Å². The molecule has 0 aromatic heterocycles. The number of anilines is 6. The number of benzene rings is 7. The molecule has 2 unspecified atom stereocenters. The topological polar surface area (TPSA) is 93.2 Å². The quantitative estimate of drug-likeness (QED) is 0.0663. The average Bonchev–Trinajstić information content (AvgIpc) is 3.86. The van der Waals surface area contributed by atoms with Crippen molar-refractivity contribution in [3.8, 4) is 11.5 Å². The van der Waals surface area contributed by atoms with Crippen molar-refractivity contribution in [3.05, 3.63) is 192 Å². The molecule has 0 spiro atoms. The van der Waals surface area contributed by atoms with E-state index in [2.05, 4.69) is 37.5 Å². The first kappa shape index (κ1) is 50.1. The molecular weight excluding hydrogens is 933 g/mol. The minimum atomic E-state index is -4.32. The molecule has 2 heterocycles. The van der Waals surface area contributed by atoms with Gasteiger partial charge in [-0.05, 0) is 121 Å². The third-order valence-electron chi connectivity index (χ3n) is 13.9. The Labute approximate surface area is 427 Å². The van der Waals surface area contributed by atoms with Gasteiger partial charge in [0.2, 0.25) is 19.7 Å². The molecule has 7 aromatic carbocycles. The van der Waals surface area contributed by atoms with E-state index in [-0.39, 0.29) is 67.3 Å². The molecule has 0 bridgehead atoms. The minimum absolute atomic E-state index is 0.0528. The van der Waals surface area contributed by atoms with E-state index >= 15 is 16.8 Å². The summed E-state index contributed by atoms with van der Waals surface area (Å²) in [5.74, 6) is 0.362. The van der Waals surface area contributed by atoms with Gasteiger partial charge >= 0.3 is 0 Å². The third kappa shape index (κ3) is 10.1. The van der Waals surface area contributed by atoms with Crippen LogP contribution in [0.5, 0.6) is 11.5 Å². The van der Waals surface area contributed by atoms with Crippen molar-refractivity contribution >= 4 is 75.8 Å². The van der Waals surface area contributed by atoms with Crippen LogP contribution in [0.4, 0.5) is 34.1 Å². The Hall–Kier alpha value is -6.88. The van der Waals surface area contributed by atoms with Crippen LogP contribution in [-0.2, 0) is 19.7 Å². The van der Waals surface area contributed by atoms with Crippen molar-refractivity contribution in [1.82, 2.24) is 0 Å². The number of hydrogen-bond donors (Lipinski definition) is 0. The molecule has 2 aliphatic heterocycles. The highest BCUT2D eigenvalue weighted by molar-refractivity contribution is 8.02. The van der Waals surface area contributed by atoms with Gasteiger partial charge in [0.05, 0.1) is 23.0 Å². The summed E-state index contributed by atoms with van der Waals surface area (Å²) in [6.07, 6.45) is 10.7. The number of para-hydroxylation sites is 4. The van der Waals surface area contributed by atoms with Crippen molar-refractivity contribution < 1.29 is 26.3 Å². The van der Waals surface area contributed by atoms with Gasteiger partial charge in [-0.3, -0.25) is 0 Å². The van der Waals surface area contributed by atoms with Gasteiger partial charge in [-0.15, -0.1) is 0 Å². The van der Waals surface area contributed by atoms with Crippen LogP contribution in [0.3, 0.4) is 0 Å². The molecule has 8 nitrogen and oxygen atoms in total. The standard InChI is InChI=1S/C62H64N2O6S2/c1-5-9-23-45(7-3)43-69-59-55-41-57(47-33-37-53(38-34-47)63(49-25-15-11-16-26-49)50-27-17-12-18-28-50)72(67,68)62(55)60(70-44-46(8-4)24-10-6-2)56-42-58(71(65,66)61(56)59)48-35-39-54(40-36-48)64(51-29-19-13-20-30-51)52-31-21-14-22-32-52/h11-22,25-42,45-46H,5-10,23-24,43-44H2,1-4H3. The molecular formula is C62H64N2O6S2. The van der Waals surface area contributed by atoms with E-state index in [0.29, 0.717) is 11.1 Å². The maximum absolute atomic E-state index is 15.5. The monoisotopic (exact) mass is 996 g/mol. The molecule has 370 valence electrons. The zero-order chi connectivity index (χ0) is 50.2. The van der Waals surface area contributed by atoms with Crippen LogP contribution in [0, 0.1) is 11.8 Å². The molecule has 0 amide bonds. The highest BCUT2D eigenvalue weighted by Crippen LogP contribution is 2.57. The van der Waals surface area contributed by atoms with Gasteiger partial charge in [-0.1, -0.05) is 163 Å². The zero-order valence-corrected chi connectivity index (χ0v) is 43.3. The number of nitrogens with zero attached hydrogens (tertiary/aromatic N) is 2. The van der Waals surface area contributed by atoms with E-state index in [0.717, 1.165) is 85.5 Å². The number of unbranched alkanes of at least 4 members (excludes halogenated alkanes) is 2. The maximum Gasteiger partial charge on any atom is 0.211 e. The highest BCUT2D eigenvalue weighted by atomic mass is 32.2. The predicted octanol–water partition coefficient (Wildman–Crippen LogP) is 16.4. The first-order valence-corrected chi connectivity index (χ1v) is 28.5. The maximum atomic E-state index is 15.5. The second-order valence-electron chi connectivity index (χ2n) is 18.7. The first-order chi connectivity index (χ1) is 35.1. The number of hydrogen-bond acceptors (Lipinski definition) is 8. The SMILES string of the molecule is CCCCC(CC)COc1c2c(c(OCC(CC)CCCC)c3c1S(=O)(=O)C(c1ccc(N(c4ccccc4)c4ccccc4)cc1)=C3)S(=O)(=O)C(c1ccc(N(c3ccccc3)c3ccccc3)cc1)=C2. The molecule has 2 atom stereocenters. The largest absolute Gasteiger partial charge is 0.491 e. The van der Waals surface area contributed by atoms with E-state index < -0.39 is 19.7 Å². The van der Waals surface area contributed by atoms with Crippen molar-refractivity contribution in [2.75, 3.05) is 23.0 Å². The molecule has 0 fully saturated rings. The normalized spacial score (nSPS) is 14.9. The van der Waals surface area contributed by atoms with Gasteiger partial charge in [0.1, 0.15) is 21.3 Å². The van der Waals surface area contributed by atoms with Gasteiger partial charge in [0.25, 0.3) is 0 Å². The Balaban J connectivity index is 1.18. The second kappa shape index (κ2) is 22.3. The number of ether oxygens (including phenoxy) is 2. The van der Waals surface area contributed by atoms with Crippen LogP contribution >= 0.6 is 0 Å². The molecule has 9 rings (SSSR count). The lowest BCUT2D eigenvalue weighted by Crippen LogP contribution is -2.17. The Morgan fingerprint density at radius 3 is 0.972 bits per heavy atom. The van der Waals surface area contributed by atoms with Crippen LogP contribution in [-0.4, -0.2) is 30.0 Å². The molecule has 0 saturated carbocycles. The molecule has 0 saturated heterocycles. The lowest BCUT2D eigenvalue weighted by molar-refractivity contribution is 0.219. The zero-order valence-electron chi connectivity index (χ0n) is 41.7. The predicted molar refractivity (Wildman–Crippen MR) is 296 cm³/mol. The van der Waals surface area contributed by atoms with Gasteiger partial charge in [-0.25, -0.2) is 16.8 Å². The van der Waals surface area contributed by atoms with Gasteiger partial charge in [0.15, 0.2) is 0 Å². The minimum Gasteiger partial charge on any atom is -0.491 e. The van der Waals surface area contributed by atoms with Gasteiger partial charge < -0.3 is 19.3 Å². The van der Waals surface area contributed by atoms with Gasteiger partial charge in [-0.2, -0.15) is 0 Å². The molecule has 2 aliphatic rings. The van der Waals surface area contributed by atoms with Crippen LogP contribution in [0.25, 0.3) is 22.0 Å². The van der Waals surface area contributed by atoms with Crippen LogP contribution in [0.1, 0.15) is 101 Å². The van der Waals surface area contributed by atoms with E-state index in [9.17, 15) is 0 Å². The summed E-state index contributed by atoms with van der Waals surface area (Å²) in [5, 5.41) is 0. The van der Waals surface area contributed by atoms with Crippen LogP contribution in [0.2, 0.25) is 0 Å². The summed E-state index contributed by atoms with van der Waals surface area (Å²) >= 11 is 0. The molecule has 7 aromatic rings. The molecule has 10 heteroatoms. The molecule has 0 N–H and O–H groups in total. The smallest absolute Gasteiger partial charge is 0.211 e. The first-order valence-electron chi connectivity index (χ1n) is 25.5. The molecule has 72 heavy (non-hydrogen) atoms. The fourth-order valence-corrected chi connectivity index (χ4v) is 13.4.